The number of nitrogens with one attached hydrogen (secondary N) is 1. The standard InChI is InChI=1S/C14H21N5O3S/c1-7-4-14(7,5-20)9(21)12(22)19-6-16-8-10(15-2)17-13(23-3)18-11(8)19/h6-7,9,12,20-22H,4-5H2,1-3H3,(H,15,17,18). The van der Waals surface area contributed by atoms with Crippen LogP contribution in [-0.4, -0.2) is 60.9 Å². The minimum atomic E-state index is -1.23. The van der Waals surface area contributed by atoms with E-state index >= 15 is 0 Å². The summed E-state index contributed by atoms with van der Waals surface area (Å²) in [5.74, 6) is 0.729. The number of aromatic nitrogens is 4. The molecule has 23 heavy (non-hydrogen) atoms. The van der Waals surface area contributed by atoms with Gasteiger partial charge in [0, 0.05) is 12.5 Å². The highest BCUT2D eigenvalue weighted by Crippen LogP contribution is 2.56. The number of thioether (sulfide) groups is 1. The molecular formula is C14H21N5O3S. The predicted molar refractivity (Wildman–Crippen MR) is 87.2 cm³/mol. The summed E-state index contributed by atoms with van der Waals surface area (Å²) in [5.41, 5.74) is 0.317. The molecule has 3 rings (SSSR count). The monoisotopic (exact) mass is 339 g/mol. The van der Waals surface area contributed by atoms with Crippen LogP contribution in [0.4, 0.5) is 5.82 Å². The summed E-state index contributed by atoms with van der Waals surface area (Å²) < 4.78 is 1.44. The Morgan fingerprint density at radius 2 is 2.17 bits per heavy atom. The van der Waals surface area contributed by atoms with Gasteiger partial charge in [-0.2, -0.15) is 0 Å². The molecule has 8 nitrogen and oxygen atoms in total. The Hall–Kier alpha value is -1.42. The Morgan fingerprint density at radius 1 is 1.48 bits per heavy atom. The molecule has 126 valence electrons. The van der Waals surface area contributed by atoms with E-state index < -0.39 is 17.7 Å². The van der Waals surface area contributed by atoms with Gasteiger partial charge in [0.2, 0.25) is 0 Å². The molecule has 1 saturated carbocycles. The molecule has 0 radical (unpaired) electrons. The van der Waals surface area contributed by atoms with E-state index in [4.69, 9.17) is 0 Å². The molecule has 0 aliphatic heterocycles. The quantitative estimate of drug-likeness (QED) is 0.443. The Labute approximate surface area is 138 Å². The van der Waals surface area contributed by atoms with Crippen LogP contribution < -0.4 is 5.32 Å². The number of nitrogens with zero attached hydrogens (tertiary/aromatic N) is 4. The summed E-state index contributed by atoms with van der Waals surface area (Å²) in [6, 6.07) is 0. The van der Waals surface area contributed by atoms with Gasteiger partial charge < -0.3 is 20.6 Å². The lowest BCUT2D eigenvalue weighted by Crippen LogP contribution is -2.36. The molecule has 1 aliphatic carbocycles. The number of aliphatic hydroxyl groups is 3. The van der Waals surface area contributed by atoms with Crippen molar-refractivity contribution in [3.05, 3.63) is 6.33 Å². The molecule has 0 saturated heterocycles. The SMILES string of the molecule is CNc1nc(SC)nc2c1ncn2C(O)C(O)C1(CO)CC1C. The zero-order chi connectivity index (χ0) is 16.8. The molecule has 9 heteroatoms. The normalized spacial score (nSPS) is 26.3. The molecule has 2 aromatic heterocycles. The minimum Gasteiger partial charge on any atom is -0.396 e. The summed E-state index contributed by atoms with van der Waals surface area (Å²) in [4.78, 5) is 13.0. The molecule has 4 unspecified atom stereocenters. The largest absolute Gasteiger partial charge is 0.396 e. The first kappa shape index (κ1) is 16.4. The van der Waals surface area contributed by atoms with Crippen LogP contribution in [-0.2, 0) is 0 Å². The van der Waals surface area contributed by atoms with E-state index in [0.717, 1.165) is 0 Å². The fraction of sp³-hybridized carbons (Fsp3) is 0.643. The average Bonchev–Trinajstić information content (AvgIpc) is 3.06. The van der Waals surface area contributed by atoms with Gasteiger partial charge in [0.1, 0.15) is 6.10 Å². The Bertz CT molecular complexity index is 720. The fourth-order valence-electron chi connectivity index (χ4n) is 3.04. The van der Waals surface area contributed by atoms with Crippen molar-refractivity contribution in [2.45, 2.75) is 30.8 Å². The van der Waals surface area contributed by atoms with Gasteiger partial charge in [0.15, 0.2) is 28.4 Å². The Morgan fingerprint density at radius 3 is 2.70 bits per heavy atom. The van der Waals surface area contributed by atoms with Crippen LogP contribution in [0.25, 0.3) is 11.2 Å². The highest BCUT2D eigenvalue weighted by Gasteiger charge is 2.58. The molecule has 4 atom stereocenters. The third-order valence-corrected chi connectivity index (χ3v) is 5.33. The molecule has 1 aliphatic rings. The molecule has 0 bridgehead atoms. The van der Waals surface area contributed by atoms with Gasteiger partial charge in [0.25, 0.3) is 0 Å². The maximum absolute atomic E-state index is 10.6. The second-order valence-electron chi connectivity index (χ2n) is 5.99. The van der Waals surface area contributed by atoms with Crippen LogP contribution in [0.5, 0.6) is 0 Å². The van der Waals surface area contributed by atoms with E-state index in [0.29, 0.717) is 28.6 Å². The van der Waals surface area contributed by atoms with Gasteiger partial charge in [-0.3, -0.25) is 4.57 Å². The number of hydrogen-bond donors (Lipinski definition) is 4. The number of fused-ring (bicyclic) bond motifs is 1. The highest BCUT2D eigenvalue weighted by atomic mass is 32.2. The van der Waals surface area contributed by atoms with Crippen LogP contribution in [0.3, 0.4) is 0 Å². The van der Waals surface area contributed by atoms with Gasteiger partial charge in [0.05, 0.1) is 12.9 Å². The second kappa shape index (κ2) is 5.90. The minimum absolute atomic E-state index is 0.161. The van der Waals surface area contributed by atoms with Crippen molar-refractivity contribution >= 4 is 28.7 Å². The van der Waals surface area contributed by atoms with Crippen LogP contribution >= 0.6 is 11.8 Å². The van der Waals surface area contributed by atoms with Gasteiger partial charge in [-0.1, -0.05) is 18.7 Å². The topological polar surface area (TPSA) is 116 Å². The molecule has 4 N–H and O–H groups in total. The van der Waals surface area contributed by atoms with Crippen LogP contribution in [0, 0.1) is 11.3 Å². The lowest BCUT2D eigenvalue weighted by molar-refractivity contribution is -0.0822. The van der Waals surface area contributed by atoms with Crippen molar-refractivity contribution in [3.63, 3.8) is 0 Å². The third kappa shape index (κ3) is 2.47. The molecular weight excluding hydrogens is 318 g/mol. The van der Waals surface area contributed by atoms with Gasteiger partial charge in [-0.05, 0) is 18.6 Å². The maximum atomic E-state index is 10.6. The molecule has 0 aromatic carbocycles. The number of imidazole rings is 1. The lowest BCUT2D eigenvalue weighted by atomic mass is 9.96. The molecule has 0 amide bonds. The Kier molecular flexibility index (Phi) is 4.21. The summed E-state index contributed by atoms with van der Waals surface area (Å²) in [6.07, 6.45) is 1.66. The molecule has 2 aromatic rings. The van der Waals surface area contributed by atoms with Crippen molar-refractivity contribution in [2.75, 3.05) is 25.2 Å². The molecule has 0 spiro atoms. The van der Waals surface area contributed by atoms with Gasteiger partial charge >= 0.3 is 0 Å². The van der Waals surface area contributed by atoms with Crippen molar-refractivity contribution in [1.29, 1.82) is 0 Å². The third-order valence-electron chi connectivity index (χ3n) is 4.78. The summed E-state index contributed by atoms with van der Waals surface area (Å²) in [5, 5.41) is 34.2. The van der Waals surface area contributed by atoms with Crippen molar-refractivity contribution in [2.24, 2.45) is 11.3 Å². The van der Waals surface area contributed by atoms with E-state index in [1.807, 2.05) is 13.2 Å². The van der Waals surface area contributed by atoms with Crippen molar-refractivity contribution < 1.29 is 15.3 Å². The first-order chi connectivity index (χ1) is 11.0. The maximum Gasteiger partial charge on any atom is 0.191 e. The first-order valence-corrected chi connectivity index (χ1v) is 8.64. The predicted octanol–water partition coefficient (Wildman–Crippen LogP) is 0.460. The van der Waals surface area contributed by atoms with Crippen LogP contribution in [0.1, 0.15) is 19.6 Å². The number of anilines is 1. The van der Waals surface area contributed by atoms with E-state index in [2.05, 4.69) is 20.3 Å². The van der Waals surface area contributed by atoms with Crippen molar-refractivity contribution in [3.8, 4) is 0 Å². The van der Waals surface area contributed by atoms with Crippen molar-refractivity contribution in [1.82, 2.24) is 19.5 Å². The van der Waals surface area contributed by atoms with E-state index in [9.17, 15) is 15.3 Å². The summed E-state index contributed by atoms with van der Waals surface area (Å²) >= 11 is 1.38. The van der Waals surface area contributed by atoms with E-state index in [1.165, 1.54) is 22.7 Å². The first-order valence-electron chi connectivity index (χ1n) is 7.41. The number of rotatable bonds is 6. The number of aliphatic hydroxyl groups excluding tert-OH is 3. The zero-order valence-corrected chi connectivity index (χ0v) is 14.1. The Balaban J connectivity index is 2.03. The fourth-order valence-corrected chi connectivity index (χ4v) is 3.40. The highest BCUT2D eigenvalue weighted by molar-refractivity contribution is 7.98. The van der Waals surface area contributed by atoms with Crippen LogP contribution in [0.2, 0.25) is 0 Å². The van der Waals surface area contributed by atoms with Crippen LogP contribution in [0.15, 0.2) is 11.5 Å². The lowest BCUT2D eigenvalue weighted by Gasteiger charge is -2.27. The van der Waals surface area contributed by atoms with Gasteiger partial charge in [-0.25, -0.2) is 15.0 Å². The van der Waals surface area contributed by atoms with E-state index in [1.54, 1.807) is 7.05 Å². The molecule has 1 fully saturated rings. The second-order valence-corrected chi connectivity index (χ2v) is 6.76. The number of hydrogen-bond acceptors (Lipinski definition) is 8. The smallest absolute Gasteiger partial charge is 0.191 e. The van der Waals surface area contributed by atoms with Gasteiger partial charge in [-0.15, -0.1) is 0 Å². The molecule has 2 heterocycles. The summed E-state index contributed by atoms with van der Waals surface area (Å²) in [7, 11) is 1.74. The summed E-state index contributed by atoms with van der Waals surface area (Å²) in [6.45, 7) is 1.79. The van der Waals surface area contributed by atoms with E-state index in [-0.39, 0.29) is 12.5 Å². The zero-order valence-electron chi connectivity index (χ0n) is 13.3. The average molecular weight is 339 g/mol.